The van der Waals surface area contributed by atoms with Gasteiger partial charge in [0, 0.05) is 5.75 Å². The Kier molecular flexibility index (Phi) is 16.3. The molecule has 13 heteroatoms. The van der Waals surface area contributed by atoms with E-state index in [1.807, 2.05) is 20.8 Å². The zero-order valence-electron chi connectivity index (χ0n) is 34.2. The van der Waals surface area contributed by atoms with Crippen LogP contribution in [0.2, 0.25) is 18.1 Å². The summed E-state index contributed by atoms with van der Waals surface area (Å²) in [6.45, 7) is 24.2. The molecule has 57 heavy (non-hydrogen) atoms. The van der Waals surface area contributed by atoms with Crippen molar-refractivity contribution in [1.82, 2.24) is 4.72 Å². The topological polar surface area (TPSA) is 126 Å². The normalized spacial score (nSPS) is 21.6. The van der Waals surface area contributed by atoms with Gasteiger partial charge in [0.15, 0.2) is 26.6 Å². The fourth-order valence-electron chi connectivity index (χ4n) is 5.62. The van der Waals surface area contributed by atoms with Crippen LogP contribution >= 0.6 is 11.8 Å². The van der Waals surface area contributed by atoms with E-state index in [0.29, 0.717) is 5.75 Å². The first-order valence-electron chi connectivity index (χ1n) is 19.0. The molecule has 308 valence electrons. The fraction of sp³-hybridized carbons (Fsp3) is 0.432. The van der Waals surface area contributed by atoms with Gasteiger partial charge in [-0.3, -0.25) is 0 Å². The quantitative estimate of drug-likeness (QED) is 0.0611. The SMILES string of the molecule is C=CC[C@@H](N[S@](=O)C(C)(C)C)[C@H]1O[C@H](SCC(C=C)O[Si](C)(C)C(C)(C)C)[C@H](OC(=O)c2ccccc2)[C@@H](OC(=O)c2ccccc2)[C@H]1OC(=O)c1ccccc1. The zero-order chi connectivity index (χ0) is 42.0. The number of esters is 3. The van der Waals surface area contributed by atoms with Crippen molar-refractivity contribution in [2.24, 2.45) is 0 Å². The second-order valence-corrected chi connectivity index (χ2v) is 24.2. The zero-order valence-corrected chi connectivity index (χ0v) is 36.8. The largest absolute Gasteiger partial charge is 0.452 e. The summed E-state index contributed by atoms with van der Waals surface area (Å²) in [5, 5.41) is -0.0853. The highest BCUT2D eigenvalue weighted by Crippen LogP contribution is 2.40. The maximum Gasteiger partial charge on any atom is 0.338 e. The average Bonchev–Trinajstić information content (AvgIpc) is 3.17. The first-order valence-corrected chi connectivity index (χ1v) is 24.1. The second-order valence-electron chi connectivity index (χ2n) is 16.3. The van der Waals surface area contributed by atoms with E-state index >= 15 is 0 Å². The molecule has 0 bridgehead atoms. The molecule has 3 aromatic carbocycles. The van der Waals surface area contributed by atoms with Crippen LogP contribution in [0.4, 0.5) is 0 Å². The van der Waals surface area contributed by atoms with Crippen LogP contribution in [-0.4, -0.2) is 82.9 Å². The highest BCUT2D eigenvalue weighted by Gasteiger charge is 2.55. The van der Waals surface area contributed by atoms with Crippen LogP contribution in [0.1, 0.15) is 79.0 Å². The molecule has 1 aliphatic heterocycles. The lowest BCUT2D eigenvalue weighted by Gasteiger charge is -2.47. The van der Waals surface area contributed by atoms with E-state index < -0.39 is 84.0 Å². The van der Waals surface area contributed by atoms with Crippen molar-refractivity contribution in [2.75, 3.05) is 5.75 Å². The number of hydrogen-bond donors (Lipinski definition) is 1. The van der Waals surface area contributed by atoms with Gasteiger partial charge in [-0.25, -0.2) is 23.3 Å². The van der Waals surface area contributed by atoms with Crippen LogP contribution in [-0.2, 0) is 34.4 Å². The molecular weight excluding hydrogens is 779 g/mol. The molecule has 0 aliphatic carbocycles. The maximum absolute atomic E-state index is 14.0. The van der Waals surface area contributed by atoms with Gasteiger partial charge in [0.25, 0.3) is 0 Å². The Morgan fingerprint density at radius 1 is 0.772 bits per heavy atom. The molecule has 1 heterocycles. The number of nitrogens with one attached hydrogen (secondary N) is 1. The Balaban J connectivity index is 1.89. The number of benzene rings is 3. The van der Waals surface area contributed by atoms with Gasteiger partial charge in [-0.05, 0) is 81.7 Å². The molecule has 1 saturated heterocycles. The highest BCUT2D eigenvalue weighted by molar-refractivity contribution is 7.99. The summed E-state index contributed by atoms with van der Waals surface area (Å²) in [6, 6.07) is 24.4. The van der Waals surface area contributed by atoms with Crippen LogP contribution in [0.5, 0.6) is 0 Å². The van der Waals surface area contributed by atoms with Crippen molar-refractivity contribution in [3.63, 3.8) is 0 Å². The van der Waals surface area contributed by atoms with E-state index in [0.717, 1.165) is 0 Å². The molecule has 1 fully saturated rings. The van der Waals surface area contributed by atoms with Gasteiger partial charge in [0.1, 0.15) is 11.5 Å². The van der Waals surface area contributed by atoms with E-state index in [1.54, 1.807) is 103 Å². The Morgan fingerprint density at radius 3 is 1.61 bits per heavy atom. The Bertz CT molecular complexity index is 1830. The van der Waals surface area contributed by atoms with Crippen molar-refractivity contribution in [3.8, 4) is 0 Å². The third-order valence-corrected chi connectivity index (χ3v) is 17.2. The molecule has 8 atom stereocenters. The standard InChI is InChI=1S/C44H57NO9S2Si/c1-11-22-34(45-56(49)43(3,4)5)35-36(50-39(46)30-23-16-13-17-24-30)37(51-40(47)31-25-18-14-19-26-31)38(52-41(48)32-27-20-15-21-28-32)42(53-35)55-29-33(12-2)54-57(9,10)44(6,7)8/h11-21,23-28,33-38,42,45H,1-2,22,29H2,3-10H3/t33?,34-,35-,36+,37+,38-,42-,56-/m1/s1. The lowest BCUT2D eigenvalue weighted by atomic mass is 9.92. The molecule has 1 N–H and O–H groups in total. The molecule has 3 aromatic rings. The fourth-order valence-corrected chi connectivity index (χ4v) is 9.08. The van der Waals surface area contributed by atoms with Gasteiger partial charge in [-0.15, -0.1) is 24.9 Å². The number of carbonyl (C=O) groups is 3. The summed E-state index contributed by atoms with van der Waals surface area (Å²) >= 11 is 1.30. The molecule has 4 rings (SSSR count). The molecular formula is C44H57NO9S2Si. The van der Waals surface area contributed by atoms with E-state index in [4.69, 9.17) is 23.4 Å². The number of hydrogen-bond acceptors (Lipinski definition) is 10. The predicted molar refractivity (Wildman–Crippen MR) is 230 cm³/mol. The van der Waals surface area contributed by atoms with E-state index in [2.05, 4.69) is 51.7 Å². The lowest BCUT2D eigenvalue weighted by Crippen LogP contribution is -2.65. The van der Waals surface area contributed by atoms with Crippen molar-refractivity contribution < 1.29 is 42.0 Å². The van der Waals surface area contributed by atoms with E-state index in [1.165, 1.54) is 11.8 Å². The van der Waals surface area contributed by atoms with Crippen LogP contribution in [0, 0.1) is 0 Å². The van der Waals surface area contributed by atoms with Crippen molar-refractivity contribution in [2.45, 2.75) is 113 Å². The summed E-state index contributed by atoms with van der Waals surface area (Å²) in [7, 11) is -3.89. The van der Waals surface area contributed by atoms with Crippen molar-refractivity contribution >= 4 is 49.0 Å². The lowest BCUT2D eigenvalue weighted by molar-refractivity contribution is -0.205. The van der Waals surface area contributed by atoms with Crippen molar-refractivity contribution in [3.05, 3.63) is 133 Å². The van der Waals surface area contributed by atoms with Gasteiger partial charge in [-0.2, -0.15) is 0 Å². The maximum atomic E-state index is 14.0. The van der Waals surface area contributed by atoms with Crippen LogP contribution in [0.25, 0.3) is 0 Å². The molecule has 1 unspecified atom stereocenters. The molecule has 0 aromatic heterocycles. The first kappa shape index (κ1) is 45.8. The van der Waals surface area contributed by atoms with Gasteiger partial charge < -0.3 is 23.4 Å². The Morgan fingerprint density at radius 2 is 1.21 bits per heavy atom. The molecule has 1 aliphatic rings. The van der Waals surface area contributed by atoms with Crippen LogP contribution in [0.3, 0.4) is 0 Å². The number of carbonyl (C=O) groups excluding carboxylic acids is 3. The smallest absolute Gasteiger partial charge is 0.338 e. The highest BCUT2D eigenvalue weighted by atomic mass is 32.2. The van der Waals surface area contributed by atoms with E-state index in [9.17, 15) is 18.6 Å². The van der Waals surface area contributed by atoms with Crippen LogP contribution < -0.4 is 4.72 Å². The summed E-state index contributed by atoms with van der Waals surface area (Å²) in [6.07, 6.45) is -1.99. The first-order chi connectivity index (χ1) is 26.9. The summed E-state index contributed by atoms with van der Waals surface area (Å²) in [5.41, 5.74) is -0.283. The summed E-state index contributed by atoms with van der Waals surface area (Å²) in [5.74, 6) is -1.83. The Hall–Kier alpha value is -3.85. The third-order valence-electron chi connectivity index (χ3n) is 9.86. The Labute approximate surface area is 345 Å². The monoisotopic (exact) mass is 835 g/mol. The minimum Gasteiger partial charge on any atom is -0.452 e. The minimum atomic E-state index is -2.27. The molecule has 0 radical (unpaired) electrons. The molecule has 0 amide bonds. The molecule has 10 nitrogen and oxygen atoms in total. The van der Waals surface area contributed by atoms with Crippen molar-refractivity contribution in [1.29, 1.82) is 0 Å². The molecule has 0 saturated carbocycles. The number of thioether (sulfide) groups is 1. The van der Waals surface area contributed by atoms with Gasteiger partial charge in [0.2, 0.25) is 0 Å². The van der Waals surface area contributed by atoms with Gasteiger partial charge in [-0.1, -0.05) is 87.5 Å². The number of rotatable bonds is 17. The predicted octanol–water partition coefficient (Wildman–Crippen LogP) is 8.69. The average molecular weight is 836 g/mol. The second kappa shape index (κ2) is 20.2. The minimum absolute atomic E-state index is 0.0853. The van der Waals surface area contributed by atoms with Crippen LogP contribution in [0.15, 0.2) is 116 Å². The summed E-state index contributed by atoms with van der Waals surface area (Å²) < 4.78 is 48.8. The summed E-state index contributed by atoms with van der Waals surface area (Å²) in [4.78, 5) is 41.9. The third kappa shape index (κ3) is 12.6. The van der Waals surface area contributed by atoms with Gasteiger partial charge >= 0.3 is 17.9 Å². The van der Waals surface area contributed by atoms with Gasteiger partial charge in [0.05, 0.1) is 44.6 Å². The number of ether oxygens (including phenoxy) is 4. The molecule has 0 spiro atoms. The van der Waals surface area contributed by atoms with E-state index in [-0.39, 0.29) is 28.1 Å².